The van der Waals surface area contributed by atoms with Gasteiger partial charge in [-0.05, 0) is 13.0 Å². The molecule has 130 valence electrons. The van der Waals surface area contributed by atoms with E-state index in [0.717, 1.165) is 23.9 Å². The van der Waals surface area contributed by atoms with Crippen molar-refractivity contribution in [2.24, 2.45) is 0 Å². The van der Waals surface area contributed by atoms with Gasteiger partial charge in [0.25, 0.3) is 0 Å². The van der Waals surface area contributed by atoms with Gasteiger partial charge in [0.1, 0.15) is 11.6 Å². The normalized spacial score (nSPS) is 21.0. The molecule has 8 heteroatoms. The van der Waals surface area contributed by atoms with E-state index in [1.807, 2.05) is 13.0 Å². The van der Waals surface area contributed by atoms with Crippen molar-refractivity contribution in [1.82, 2.24) is 24.7 Å². The minimum absolute atomic E-state index is 0.0521. The van der Waals surface area contributed by atoms with Crippen LogP contribution in [0.15, 0.2) is 17.1 Å². The molecule has 1 aliphatic heterocycles. The highest BCUT2D eigenvalue weighted by molar-refractivity contribution is 5.42. The summed E-state index contributed by atoms with van der Waals surface area (Å²) in [5, 5.41) is 6.81. The lowest BCUT2D eigenvalue weighted by molar-refractivity contribution is 0.118. The summed E-state index contributed by atoms with van der Waals surface area (Å²) >= 11 is 0. The number of nitrogens with zero attached hydrogens (tertiary/aromatic N) is 5. The van der Waals surface area contributed by atoms with Crippen LogP contribution in [0.5, 0.6) is 0 Å². The SMILES string of the molecule is CCn1c([C@@H]2C[C@H](OC)CN2c2ccnc(C(C)C)n2)n[nH]c1=O. The first-order chi connectivity index (χ1) is 11.5. The third-order valence-corrected chi connectivity index (χ3v) is 4.47. The van der Waals surface area contributed by atoms with Crippen LogP contribution in [0.4, 0.5) is 5.82 Å². The smallest absolute Gasteiger partial charge is 0.343 e. The Bertz CT molecular complexity index is 753. The molecule has 3 rings (SSSR count). The summed E-state index contributed by atoms with van der Waals surface area (Å²) in [6, 6.07) is 1.85. The summed E-state index contributed by atoms with van der Waals surface area (Å²) in [7, 11) is 1.71. The van der Waals surface area contributed by atoms with Gasteiger partial charge >= 0.3 is 5.69 Å². The molecule has 0 radical (unpaired) electrons. The lowest BCUT2D eigenvalue weighted by atomic mass is 10.2. The molecule has 2 aromatic rings. The number of aromatic amines is 1. The van der Waals surface area contributed by atoms with Crippen molar-refractivity contribution in [2.75, 3.05) is 18.6 Å². The predicted octanol–water partition coefficient (Wildman–Crippen LogP) is 1.47. The largest absolute Gasteiger partial charge is 0.380 e. The zero-order valence-corrected chi connectivity index (χ0v) is 14.6. The summed E-state index contributed by atoms with van der Waals surface area (Å²) in [6.07, 6.45) is 2.62. The van der Waals surface area contributed by atoms with Crippen LogP contribution < -0.4 is 10.6 Å². The number of methoxy groups -OCH3 is 1. The Morgan fingerprint density at radius 1 is 1.46 bits per heavy atom. The Hall–Kier alpha value is -2.22. The zero-order valence-electron chi connectivity index (χ0n) is 14.6. The summed E-state index contributed by atoms with van der Waals surface area (Å²) in [5.41, 5.74) is -0.182. The molecule has 1 saturated heterocycles. The first-order valence-corrected chi connectivity index (χ1v) is 8.32. The van der Waals surface area contributed by atoms with Crippen LogP contribution in [0, 0.1) is 0 Å². The van der Waals surface area contributed by atoms with E-state index in [1.165, 1.54) is 0 Å². The fourth-order valence-corrected chi connectivity index (χ4v) is 3.16. The molecule has 2 aromatic heterocycles. The molecule has 2 atom stereocenters. The number of aromatic nitrogens is 5. The molecule has 3 heterocycles. The van der Waals surface area contributed by atoms with Gasteiger partial charge in [0.05, 0.1) is 12.1 Å². The van der Waals surface area contributed by atoms with E-state index in [2.05, 4.69) is 33.9 Å². The van der Waals surface area contributed by atoms with E-state index < -0.39 is 0 Å². The van der Waals surface area contributed by atoms with Crippen LogP contribution >= 0.6 is 0 Å². The number of rotatable bonds is 5. The van der Waals surface area contributed by atoms with Crippen molar-refractivity contribution in [2.45, 2.75) is 51.8 Å². The third kappa shape index (κ3) is 2.93. The molecular weight excluding hydrogens is 308 g/mol. The van der Waals surface area contributed by atoms with E-state index in [-0.39, 0.29) is 23.8 Å². The Kier molecular flexibility index (Phi) is 4.66. The molecule has 24 heavy (non-hydrogen) atoms. The molecule has 0 unspecified atom stereocenters. The van der Waals surface area contributed by atoms with E-state index >= 15 is 0 Å². The molecule has 1 aliphatic rings. The topological polar surface area (TPSA) is 88.9 Å². The highest BCUT2D eigenvalue weighted by atomic mass is 16.5. The molecule has 0 aromatic carbocycles. The molecule has 1 N–H and O–H groups in total. The first-order valence-electron chi connectivity index (χ1n) is 8.32. The van der Waals surface area contributed by atoms with Gasteiger partial charge in [-0.25, -0.2) is 19.9 Å². The van der Waals surface area contributed by atoms with Gasteiger partial charge in [-0.1, -0.05) is 13.8 Å². The Balaban J connectivity index is 2.00. The minimum Gasteiger partial charge on any atom is -0.380 e. The summed E-state index contributed by atoms with van der Waals surface area (Å²) in [5.74, 6) is 2.63. The maximum atomic E-state index is 11.9. The van der Waals surface area contributed by atoms with Crippen molar-refractivity contribution in [3.8, 4) is 0 Å². The second-order valence-corrected chi connectivity index (χ2v) is 6.32. The monoisotopic (exact) mass is 332 g/mol. The van der Waals surface area contributed by atoms with Crippen LogP contribution in [0.2, 0.25) is 0 Å². The van der Waals surface area contributed by atoms with E-state index in [0.29, 0.717) is 13.1 Å². The average Bonchev–Trinajstić information content (AvgIpc) is 3.17. The van der Waals surface area contributed by atoms with Crippen LogP contribution in [0.1, 0.15) is 50.8 Å². The Morgan fingerprint density at radius 2 is 2.25 bits per heavy atom. The maximum absolute atomic E-state index is 11.9. The van der Waals surface area contributed by atoms with E-state index in [4.69, 9.17) is 9.72 Å². The lowest BCUT2D eigenvalue weighted by Gasteiger charge is -2.25. The van der Waals surface area contributed by atoms with Gasteiger partial charge in [-0.3, -0.25) is 4.57 Å². The second-order valence-electron chi connectivity index (χ2n) is 6.32. The van der Waals surface area contributed by atoms with Crippen LogP contribution in [0.3, 0.4) is 0 Å². The highest BCUT2D eigenvalue weighted by Gasteiger charge is 2.37. The fraction of sp³-hybridized carbons (Fsp3) is 0.625. The third-order valence-electron chi connectivity index (χ3n) is 4.47. The highest BCUT2D eigenvalue weighted by Crippen LogP contribution is 2.35. The van der Waals surface area contributed by atoms with E-state index in [9.17, 15) is 4.79 Å². The zero-order chi connectivity index (χ0) is 17.3. The van der Waals surface area contributed by atoms with Gasteiger partial charge in [-0.2, -0.15) is 5.10 Å². The summed E-state index contributed by atoms with van der Waals surface area (Å²) in [6.45, 7) is 7.37. The number of hydrogen-bond acceptors (Lipinski definition) is 6. The quantitative estimate of drug-likeness (QED) is 0.892. The molecule has 0 bridgehead atoms. The average molecular weight is 332 g/mol. The second kappa shape index (κ2) is 6.72. The van der Waals surface area contributed by atoms with Crippen molar-refractivity contribution in [1.29, 1.82) is 0 Å². The standard InChI is InChI=1S/C16H24N6O2/c1-5-21-15(19-20-16(21)23)12-8-11(24-4)9-22(12)13-6-7-17-14(18-13)10(2)3/h6-7,10-12H,5,8-9H2,1-4H3,(H,20,23)/t11-,12-/m0/s1. The van der Waals surface area contributed by atoms with Gasteiger partial charge in [-0.15, -0.1) is 0 Å². The summed E-state index contributed by atoms with van der Waals surface area (Å²) in [4.78, 5) is 23.1. The van der Waals surface area contributed by atoms with Gasteiger partial charge < -0.3 is 9.64 Å². The van der Waals surface area contributed by atoms with Crippen molar-refractivity contribution in [3.63, 3.8) is 0 Å². The number of ether oxygens (including phenoxy) is 1. The Labute approximate surface area is 140 Å². The minimum atomic E-state index is -0.182. The Morgan fingerprint density at radius 3 is 2.92 bits per heavy atom. The van der Waals surface area contributed by atoms with E-state index in [1.54, 1.807) is 17.9 Å². The molecular formula is C16H24N6O2. The number of anilines is 1. The van der Waals surface area contributed by atoms with Gasteiger partial charge in [0.2, 0.25) is 0 Å². The van der Waals surface area contributed by atoms with Gasteiger partial charge in [0.15, 0.2) is 5.82 Å². The molecule has 8 nitrogen and oxygen atoms in total. The number of H-pyrrole nitrogens is 1. The molecule has 1 fully saturated rings. The van der Waals surface area contributed by atoms with Crippen LogP contribution in [-0.2, 0) is 11.3 Å². The van der Waals surface area contributed by atoms with Crippen LogP contribution in [-0.4, -0.2) is 44.5 Å². The van der Waals surface area contributed by atoms with Crippen molar-refractivity contribution >= 4 is 5.82 Å². The summed E-state index contributed by atoms with van der Waals surface area (Å²) < 4.78 is 7.23. The fourth-order valence-electron chi connectivity index (χ4n) is 3.16. The van der Waals surface area contributed by atoms with Crippen LogP contribution in [0.25, 0.3) is 0 Å². The van der Waals surface area contributed by atoms with Crippen molar-refractivity contribution < 1.29 is 4.74 Å². The first kappa shape index (κ1) is 16.6. The van der Waals surface area contributed by atoms with Crippen molar-refractivity contribution in [3.05, 3.63) is 34.4 Å². The van der Waals surface area contributed by atoms with Gasteiger partial charge in [0, 0.05) is 38.7 Å². The lowest BCUT2D eigenvalue weighted by Crippen LogP contribution is -2.29. The predicted molar refractivity (Wildman–Crippen MR) is 90.1 cm³/mol. The number of hydrogen-bond donors (Lipinski definition) is 1. The molecule has 0 aliphatic carbocycles. The number of nitrogens with one attached hydrogen (secondary N) is 1. The molecule has 0 spiro atoms. The molecule has 0 saturated carbocycles. The molecule has 0 amide bonds. The maximum Gasteiger partial charge on any atom is 0.343 e.